The van der Waals surface area contributed by atoms with Crippen LogP contribution in [0.5, 0.6) is 0 Å². The van der Waals surface area contributed by atoms with Crippen molar-refractivity contribution in [2.75, 3.05) is 11.1 Å². The van der Waals surface area contributed by atoms with E-state index in [0.29, 0.717) is 0 Å². The van der Waals surface area contributed by atoms with Crippen LogP contribution in [0, 0.1) is 0 Å². The molecular weight excluding hydrogens is 260 g/mol. The largest absolute Gasteiger partial charge is 0.382 e. The minimum Gasteiger partial charge on any atom is -0.382 e. The van der Waals surface area contributed by atoms with Gasteiger partial charge in [0.2, 0.25) is 0 Å². The van der Waals surface area contributed by atoms with Crippen LogP contribution in [-0.2, 0) is 0 Å². The molecule has 2 heterocycles. The number of amides is 1. The summed E-state index contributed by atoms with van der Waals surface area (Å²) in [5.41, 5.74) is 6.39. The van der Waals surface area contributed by atoms with E-state index in [2.05, 4.69) is 15.3 Å². The third-order valence-electron chi connectivity index (χ3n) is 2.61. The minimum absolute atomic E-state index is 0.236. The topological polar surface area (TPSA) is 80.9 Å². The fraction of sp³-hybridized carbons (Fsp3) is 0. The number of benzene rings is 1. The summed E-state index contributed by atoms with van der Waals surface area (Å²) in [6.07, 6.45) is 2.71. The molecule has 3 N–H and O–H groups in total. The second-order valence-corrected chi connectivity index (χ2v) is 4.90. The van der Waals surface area contributed by atoms with Gasteiger partial charge in [-0.3, -0.25) is 4.79 Å². The second-order valence-electron chi connectivity index (χ2n) is 3.95. The molecular formula is C13H10N4OS. The van der Waals surface area contributed by atoms with Crippen LogP contribution in [-0.4, -0.2) is 15.9 Å². The lowest BCUT2D eigenvalue weighted by atomic mass is 10.2. The first-order chi connectivity index (χ1) is 9.22. The number of fused-ring (bicyclic) bond motifs is 1. The van der Waals surface area contributed by atoms with Crippen molar-refractivity contribution in [2.45, 2.75) is 0 Å². The zero-order valence-electron chi connectivity index (χ0n) is 9.83. The molecule has 19 heavy (non-hydrogen) atoms. The maximum Gasteiger partial charge on any atom is 0.275 e. The van der Waals surface area contributed by atoms with Gasteiger partial charge in [0.05, 0.1) is 12.4 Å². The highest BCUT2D eigenvalue weighted by Crippen LogP contribution is 2.24. The van der Waals surface area contributed by atoms with E-state index in [1.807, 2.05) is 29.6 Å². The van der Waals surface area contributed by atoms with Crippen molar-refractivity contribution >= 4 is 38.8 Å². The zero-order valence-corrected chi connectivity index (χ0v) is 10.6. The van der Waals surface area contributed by atoms with Crippen molar-refractivity contribution in [3.63, 3.8) is 0 Å². The third-order valence-corrected chi connectivity index (χ3v) is 3.51. The molecule has 0 saturated carbocycles. The summed E-state index contributed by atoms with van der Waals surface area (Å²) in [5, 5.41) is 5.90. The third kappa shape index (κ3) is 2.38. The summed E-state index contributed by atoms with van der Waals surface area (Å²) < 4.78 is 1.19. The molecule has 0 unspecified atom stereocenters. The van der Waals surface area contributed by atoms with Crippen LogP contribution in [0.1, 0.15) is 10.5 Å². The molecule has 0 aliphatic heterocycles. The number of nitrogens with zero attached hydrogens (tertiary/aromatic N) is 2. The van der Waals surface area contributed by atoms with E-state index in [0.717, 1.165) is 11.1 Å². The summed E-state index contributed by atoms with van der Waals surface area (Å²) in [4.78, 5) is 19.7. The van der Waals surface area contributed by atoms with Crippen LogP contribution in [0.4, 0.5) is 11.5 Å². The highest BCUT2D eigenvalue weighted by molar-refractivity contribution is 7.17. The number of nitrogen functional groups attached to an aromatic ring is 1. The van der Waals surface area contributed by atoms with Crippen LogP contribution in [0.2, 0.25) is 0 Å². The summed E-state index contributed by atoms with van der Waals surface area (Å²) >= 11 is 1.66. The normalized spacial score (nSPS) is 10.5. The Morgan fingerprint density at radius 2 is 2.11 bits per heavy atom. The Morgan fingerprint density at radius 3 is 2.89 bits per heavy atom. The molecule has 0 radical (unpaired) electrons. The van der Waals surface area contributed by atoms with E-state index in [1.165, 1.54) is 17.1 Å². The molecule has 0 atom stereocenters. The molecule has 6 heteroatoms. The van der Waals surface area contributed by atoms with E-state index in [1.54, 1.807) is 11.3 Å². The molecule has 5 nitrogen and oxygen atoms in total. The predicted octanol–water partition coefficient (Wildman–Crippen LogP) is 2.53. The predicted molar refractivity (Wildman–Crippen MR) is 76.2 cm³/mol. The SMILES string of the molecule is Nc1cnc(C(=O)Nc2ccc3sccc3c2)cn1. The molecule has 0 fully saturated rings. The fourth-order valence-corrected chi connectivity index (χ4v) is 2.47. The Morgan fingerprint density at radius 1 is 1.21 bits per heavy atom. The molecule has 3 aromatic rings. The van der Waals surface area contributed by atoms with Crippen molar-refractivity contribution in [3.05, 3.63) is 47.7 Å². The smallest absolute Gasteiger partial charge is 0.275 e. The van der Waals surface area contributed by atoms with E-state index >= 15 is 0 Å². The fourth-order valence-electron chi connectivity index (χ4n) is 1.69. The lowest BCUT2D eigenvalue weighted by Gasteiger charge is -2.04. The van der Waals surface area contributed by atoms with E-state index in [4.69, 9.17) is 5.73 Å². The van der Waals surface area contributed by atoms with E-state index in [9.17, 15) is 4.79 Å². The van der Waals surface area contributed by atoms with Gasteiger partial charge in [-0.2, -0.15) is 0 Å². The van der Waals surface area contributed by atoms with Crippen molar-refractivity contribution in [2.24, 2.45) is 0 Å². The van der Waals surface area contributed by atoms with Gasteiger partial charge in [0.25, 0.3) is 5.91 Å². The first-order valence-electron chi connectivity index (χ1n) is 5.58. The lowest BCUT2D eigenvalue weighted by Crippen LogP contribution is -2.14. The summed E-state index contributed by atoms with van der Waals surface area (Å²) in [6.45, 7) is 0. The van der Waals surface area contributed by atoms with Gasteiger partial charge in [-0.15, -0.1) is 11.3 Å². The van der Waals surface area contributed by atoms with Crippen LogP contribution in [0.3, 0.4) is 0 Å². The molecule has 0 bridgehead atoms. The van der Waals surface area contributed by atoms with Crippen molar-refractivity contribution < 1.29 is 4.79 Å². The molecule has 94 valence electrons. The Labute approximate surface area is 113 Å². The zero-order chi connectivity index (χ0) is 13.2. The molecule has 0 aliphatic rings. The molecule has 0 saturated heterocycles. The highest BCUT2D eigenvalue weighted by Gasteiger charge is 2.08. The molecule has 1 aromatic carbocycles. The van der Waals surface area contributed by atoms with Gasteiger partial charge in [-0.25, -0.2) is 9.97 Å². The van der Waals surface area contributed by atoms with Crippen molar-refractivity contribution in [1.29, 1.82) is 0 Å². The monoisotopic (exact) mass is 270 g/mol. The van der Waals surface area contributed by atoms with Crippen LogP contribution >= 0.6 is 11.3 Å². The van der Waals surface area contributed by atoms with Crippen LogP contribution in [0.15, 0.2) is 42.0 Å². The summed E-state index contributed by atoms with van der Waals surface area (Å²) in [6, 6.07) is 7.78. The average Bonchev–Trinajstić information content (AvgIpc) is 2.87. The molecule has 0 spiro atoms. The Balaban J connectivity index is 1.83. The summed E-state index contributed by atoms with van der Waals surface area (Å²) in [7, 11) is 0. The number of nitrogens with one attached hydrogen (secondary N) is 1. The standard InChI is InChI=1S/C13H10N4OS/c14-12-7-15-10(6-16-12)13(18)17-9-1-2-11-8(5-9)3-4-19-11/h1-7H,(H2,14,16)(H,17,18). The van der Waals surface area contributed by atoms with Gasteiger partial charge >= 0.3 is 0 Å². The number of hydrogen-bond donors (Lipinski definition) is 2. The Kier molecular flexibility index (Phi) is 2.85. The van der Waals surface area contributed by atoms with Gasteiger partial charge in [0, 0.05) is 10.4 Å². The Bertz CT molecular complexity index is 736. The molecule has 0 aliphatic carbocycles. The first-order valence-corrected chi connectivity index (χ1v) is 6.46. The van der Waals surface area contributed by atoms with Gasteiger partial charge in [0.15, 0.2) is 0 Å². The van der Waals surface area contributed by atoms with Gasteiger partial charge in [-0.1, -0.05) is 0 Å². The molecule has 2 aromatic heterocycles. The number of hydrogen-bond acceptors (Lipinski definition) is 5. The minimum atomic E-state index is -0.304. The maximum absolute atomic E-state index is 11.9. The summed E-state index contributed by atoms with van der Waals surface area (Å²) in [5.74, 6) is -0.0154. The molecule has 3 rings (SSSR count). The number of anilines is 2. The quantitative estimate of drug-likeness (QED) is 0.749. The highest BCUT2D eigenvalue weighted by atomic mass is 32.1. The van der Waals surface area contributed by atoms with E-state index < -0.39 is 0 Å². The van der Waals surface area contributed by atoms with Gasteiger partial charge < -0.3 is 11.1 Å². The number of rotatable bonds is 2. The second kappa shape index (κ2) is 4.66. The van der Waals surface area contributed by atoms with Crippen molar-refractivity contribution in [3.8, 4) is 0 Å². The average molecular weight is 270 g/mol. The van der Waals surface area contributed by atoms with Gasteiger partial charge in [-0.05, 0) is 35.0 Å². The van der Waals surface area contributed by atoms with Crippen LogP contribution < -0.4 is 11.1 Å². The number of thiophene rings is 1. The van der Waals surface area contributed by atoms with E-state index in [-0.39, 0.29) is 17.4 Å². The number of nitrogens with two attached hydrogens (primary N) is 1. The number of carbonyl (C=O) groups is 1. The molecule has 1 amide bonds. The lowest BCUT2D eigenvalue weighted by molar-refractivity contribution is 0.102. The van der Waals surface area contributed by atoms with Crippen LogP contribution in [0.25, 0.3) is 10.1 Å². The number of aromatic nitrogens is 2. The number of carbonyl (C=O) groups excluding carboxylic acids is 1. The maximum atomic E-state index is 11.9. The van der Waals surface area contributed by atoms with Gasteiger partial charge in [0.1, 0.15) is 11.5 Å². The first kappa shape index (κ1) is 11.6. The Hall–Kier alpha value is -2.47. The van der Waals surface area contributed by atoms with Crippen molar-refractivity contribution in [1.82, 2.24) is 9.97 Å².